The first kappa shape index (κ1) is 23.8. The minimum absolute atomic E-state index is 0.216. The number of aromatic nitrogens is 4. The monoisotopic (exact) mass is 520 g/mol. The number of fused-ring (bicyclic) bond motifs is 1. The Morgan fingerprint density at radius 2 is 1.86 bits per heavy atom. The highest BCUT2D eigenvalue weighted by atomic mass is 35.5. The quantitative estimate of drug-likeness (QED) is 0.334. The van der Waals surface area contributed by atoms with Gasteiger partial charge in [-0.25, -0.2) is 0 Å². The molecule has 0 aliphatic carbocycles. The first-order valence-corrected chi connectivity index (χ1v) is 12.0. The first-order valence-electron chi connectivity index (χ1n) is 11.2. The van der Waals surface area contributed by atoms with Crippen molar-refractivity contribution in [2.24, 2.45) is 0 Å². The van der Waals surface area contributed by atoms with E-state index in [1.165, 1.54) is 0 Å². The van der Waals surface area contributed by atoms with Crippen LogP contribution in [0, 0.1) is 6.92 Å². The second-order valence-corrected chi connectivity index (χ2v) is 9.19. The molecule has 3 aromatic carbocycles. The largest absolute Gasteiger partial charge is 0.488 e. The molecule has 1 aromatic heterocycles. The molecule has 2 heterocycles. The summed E-state index contributed by atoms with van der Waals surface area (Å²) in [5.74, 6) is 0.738. The molecule has 1 unspecified atom stereocenters. The average Bonchev–Trinajstić information content (AvgIpc) is 3.32. The van der Waals surface area contributed by atoms with Crippen molar-refractivity contribution in [3.05, 3.63) is 105 Å². The molecule has 2 N–H and O–H groups in total. The van der Waals surface area contributed by atoms with E-state index in [0.29, 0.717) is 33.0 Å². The van der Waals surface area contributed by atoms with E-state index in [2.05, 4.69) is 26.2 Å². The molecule has 0 saturated carbocycles. The van der Waals surface area contributed by atoms with Crippen molar-refractivity contribution >= 4 is 40.7 Å². The van der Waals surface area contributed by atoms with Gasteiger partial charge in [0.05, 0.1) is 5.57 Å². The predicted octanol–water partition coefficient (Wildman–Crippen LogP) is 5.79. The lowest BCUT2D eigenvalue weighted by atomic mass is 9.94. The molecule has 182 valence electrons. The number of rotatable bonds is 6. The average molecular weight is 521 g/mol. The van der Waals surface area contributed by atoms with Crippen LogP contribution < -0.4 is 15.4 Å². The van der Waals surface area contributed by atoms with Gasteiger partial charge in [-0.15, -0.1) is 0 Å². The summed E-state index contributed by atoms with van der Waals surface area (Å²) in [5.41, 5.74) is 4.31. The normalized spacial score (nSPS) is 14.7. The van der Waals surface area contributed by atoms with Gasteiger partial charge in [-0.1, -0.05) is 70.8 Å². The van der Waals surface area contributed by atoms with Crippen molar-refractivity contribution in [3.63, 3.8) is 0 Å². The Hall–Kier alpha value is -3.88. The molecular weight excluding hydrogens is 499 g/mol. The molecule has 0 spiro atoms. The molecule has 10 heteroatoms. The molecule has 1 aliphatic rings. The van der Waals surface area contributed by atoms with Crippen LogP contribution in [-0.4, -0.2) is 26.1 Å². The van der Waals surface area contributed by atoms with Crippen molar-refractivity contribution in [2.45, 2.75) is 26.5 Å². The summed E-state index contributed by atoms with van der Waals surface area (Å²) in [6.07, 6.45) is 0. The van der Waals surface area contributed by atoms with Crippen LogP contribution in [-0.2, 0) is 11.4 Å². The number of allylic oxidation sites excluding steroid dienone is 1. The number of ether oxygens (including phenoxy) is 1. The molecule has 0 saturated heterocycles. The number of carbonyl (C=O) groups excluding carboxylic acids is 1. The minimum Gasteiger partial charge on any atom is -0.488 e. The highest BCUT2D eigenvalue weighted by Gasteiger charge is 2.35. The Labute approximate surface area is 217 Å². The van der Waals surface area contributed by atoms with Gasteiger partial charge < -0.3 is 15.4 Å². The van der Waals surface area contributed by atoms with Crippen LogP contribution in [0.4, 0.5) is 11.6 Å². The number of carbonyl (C=O) groups is 1. The maximum atomic E-state index is 13.7. The Balaban J connectivity index is 1.52. The fraction of sp³-hybridized carbons (Fsp3) is 0.154. The van der Waals surface area contributed by atoms with E-state index in [4.69, 9.17) is 27.9 Å². The van der Waals surface area contributed by atoms with E-state index >= 15 is 0 Å². The van der Waals surface area contributed by atoms with E-state index in [-0.39, 0.29) is 12.5 Å². The highest BCUT2D eigenvalue weighted by molar-refractivity contribution is 6.35. The zero-order valence-electron chi connectivity index (χ0n) is 19.5. The van der Waals surface area contributed by atoms with Crippen molar-refractivity contribution in [1.29, 1.82) is 0 Å². The molecule has 0 fully saturated rings. The van der Waals surface area contributed by atoms with Crippen LogP contribution in [0.5, 0.6) is 5.75 Å². The van der Waals surface area contributed by atoms with E-state index < -0.39 is 6.04 Å². The maximum Gasteiger partial charge on any atom is 0.255 e. The number of para-hydroxylation sites is 2. The molecule has 36 heavy (non-hydrogen) atoms. The van der Waals surface area contributed by atoms with Crippen LogP contribution in [0.25, 0.3) is 0 Å². The van der Waals surface area contributed by atoms with E-state index in [9.17, 15) is 4.79 Å². The minimum atomic E-state index is -0.628. The summed E-state index contributed by atoms with van der Waals surface area (Å²) < 4.78 is 7.79. The van der Waals surface area contributed by atoms with Crippen LogP contribution >= 0.6 is 23.2 Å². The maximum absolute atomic E-state index is 13.7. The predicted molar refractivity (Wildman–Crippen MR) is 139 cm³/mol. The topological polar surface area (TPSA) is 94.0 Å². The summed E-state index contributed by atoms with van der Waals surface area (Å²) in [6.45, 7) is 3.99. The third-order valence-electron chi connectivity index (χ3n) is 5.96. The fourth-order valence-electron chi connectivity index (χ4n) is 4.13. The SMILES string of the molecule is CC1=C(C(=O)Nc2ccccc2C)C(c2ccccc2OCc2ccc(Cl)cc2Cl)n2nnnc2N1. The van der Waals surface area contributed by atoms with Crippen molar-refractivity contribution < 1.29 is 9.53 Å². The lowest BCUT2D eigenvalue weighted by Gasteiger charge is -2.29. The standard InChI is InChI=1S/C26H22Cl2N6O2/c1-15-7-3-5-9-21(15)30-25(35)23-16(2)29-26-31-32-33-34(26)24(23)19-8-4-6-10-22(19)36-14-17-11-12-18(27)13-20(17)28/h3-13,24H,14H2,1-2H3,(H,30,35)(H,29,31,33). The molecule has 8 nitrogen and oxygen atoms in total. The van der Waals surface area contributed by atoms with Crippen LogP contribution in [0.1, 0.15) is 29.7 Å². The summed E-state index contributed by atoms with van der Waals surface area (Å²) >= 11 is 12.4. The Bertz CT molecular complexity index is 1480. The molecule has 1 atom stereocenters. The van der Waals surface area contributed by atoms with Gasteiger partial charge in [0, 0.05) is 32.6 Å². The number of nitrogens with one attached hydrogen (secondary N) is 2. The number of benzene rings is 3. The van der Waals surface area contributed by atoms with Crippen molar-refractivity contribution in [3.8, 4) is 5.75 Å². The lowest BCUT2D eigenvalue weighted by Crippen LogP contribution is -2.32. The Kier molecular flexibility index (Phi) is 6.63. The molecule has 5 rings (SSSR count). The number of amides is 1. The zero-order chi connectivity index (χ0) is 25.2. The summed E-state index contributed by atoms with van der Waals surface area (Å²) in [4.78, 5) is 13.7. The smallest absolute Gasteiger partial charge is 0.255 e. The van der Waals surface area contributed by atoms with Gasteiger partial charge in [0.15, 0.2) is 0 Å². The zero-order valence-corrected chi connectivity index (χ0v) is 21.0. The van der Waals surface area contributed by atoms with Crippen LogP contribution in [0.3, 0.4) is 0 Å². The van der Waals surface area contributed by atoms with E-state index in [0.717, 1.165) is 22.4 Å². The van der Waals surface area contributed by atoms with Crippen LogP contribution in [0.15, 0.2) is 78.0 Å². The van der Waals surface area contributed by atoms with Gasteiger partial charge in [0.2, 0.25) is 5.95 Å². The lowest BCUT2D eigenvalue weighted by molar-refractivity contribution is -0.113. The third kappa shape index (κ3) is 4.65. The van der Waals surface area contributed by atoms with Crippen molar-refractivity contribution in [1.82, 2.24) is 20.2 Å². The van der Waals surface area contributed by atoms with Crippen molar-refractivity contribution in [2.75, 3.05) is 10.6 Å². The van der Waals surface area contributed by atoms with Gasteiger partial charge in [-0.3, -0.25) is 4.79 Å². The number of anilines is 2. The number of aryl methyl sites for hydroxylation is 1. The number of halogens is 2. The van der Waals surface area contributed by atoms with E-state index in [1.54, 1.807) is 16.8 Å². The Morgan fingerprint density at radius 1 is 1.08 bits per heavy atom. The molecule has 0 bridgehead atoms. The van der Waals surface area contributed by atoms with Gasteiger partial charge in [0.25, 0.3) is 5.91 Å². The number of hydrogen-bond acceptors (Lipinski definition) is 6. The molecule has 1 aliphatic heterocycles. The second-order valence-electron chi connectivity index (χ2n) is 8.34. The summed E-state index contributed by atoms with van der Waals surface area (Å²) in [5, 5.41) is 19.3. The molecule has 4 aromatic rings. The fourth-order valence-corrected chi connectivity index (χ4v) is 4.59. The van der Waals surface area contributed by atoms with Gasteiger partial charge in [-0.05, 0) is 54.1 Å². The molecule has 1 amide bonds. The number of hydrogen-bond donors (Lipinski definition) is 2. The van der Waals surface area contributed by atoms with Gasteiger partial charge in [-0.2, -0.15) is 4.68 Å². The third-order valence-corrected chi connectivity index (χ3v) is 6.55. The second kappa shape index (κ2) is 10.0. The van der Waals surface area contributed by atoms with Gasteiger partial charge >= 0.3 is 0 Å². The van der Waals surface area contributed by atoms with Gasteiger partial charge in [0.1, 0.15) is 18.4 Å². The summed E-state index contributed by atoms with van der Waals surface area (Å²) in [7, 11) is 0. The highest BCUT2D eigenvalue weighted by Crippen LogP contribution is 2.39. The number of nitrogens with zero attached hydrogens (tertiary/aromatic N) is 4. The molecular formula is C26H22Cl2N6O2. The van der Waals surface area contributed by atoms with Crippen LogP contribution in [0.2, 0.25) is 10.0 Å². The Morgan fingerprint density at radius 3 is 2.67 bits per heavy atom. The first-order chi connectivity index (χ1) is 17.4. The molecule has 0 radical (unpaired) electrons. The van der Waals surface area contributed by atoms with E-state index in [1.807, 2.05) is 68.4 Å². The summed E-state index contributed by atoms with van der Waals surface area (Å²) in [6, 6.07) is 19.7. The number of tetrazole rings is 1.